The maximum absolute atomic E-state index is 14.0. The van der Waals surface area contributed by atoms with Crippen molar-refractivity contribution in [1.29, 1.82) is 0 Å². The Morgan fingerprint density at radius 2 is 1.74 bits per heavy atom. The van der Waals surface area contributed by atoms with Crippen LogP contribution in [0.15, 0.2) is 86.9 Å². The molecule has 0 saturated heterocycles. The Kier molecular flexibility index (Phi) is 7.54. The number of rotatable bonds is 9. The van der Waals surface area contributed by atoms with Gasteiger partial charge >= 0.3 is 5.76 Å². The first-order chi connectivity index (χ1) is 19.0. The lowest BCUT2D eigenvalue weighted by Gasteiger charge is -2.16. The molecular formula is C31H30N4O4. The predicted molar refractivity (Wildman–Crippen MR) is 151 cm³/mol. The number of aromatic nitrogens is 4. The zero-order chi connectivity index (χ0) is 27.4. The molecule has 0 aliphatic rings. The van der Waals surface area contributed by atoms with E-state index >= 15 is 0 Å². The molecule has 0 amide bonds. The molecule has 39 heavy (non-hydrogen) atoms. The number of hydrogen-bond donors (Lipinski definition) is 1. The molecule has 2 heterocycles. The molecule has 8 nitrogen and oxygen atoms in total. The van der Waals surface area contributed by atoms with Crippen molar-refractivity contribution >= 4 is 0 Å². The molecule has 5 aromatic rings. The van der Waals surface area contributed by atoms with Crippen LogP contribution in [0.25, 0.3) is 28.2 Å². The van der Waals surface area contributed by atoms with E-state index in [2.05, 4.69) is 17.1 Å². The van der Waals surface area contributed by atoms with Crippen LogP contribution in [0.5, 0.6) is 5.75 Å². The van der Waals surface area contributed by atoms with Crippen LogP contribution in [-0.4, -0.2) is 26.8 Å². The van der Waals surface area contributed by atoms with Crippen LogP contribution in [0.4, 0.5) is 0 Å². The molecule has 0 saturated carbocycles. The van der Waals surface area contributed by atoms with Crippen LogP contribution in [0, 0.1) is 6.92 Å². The smallest absolute Gasteiger partial charge is 0.439 e. The van der Waals surface area contributed by atoms with Gasteiger partial charge in [0.05, 0.1) is 18.5 Å². The first-order valence-electron chi connectivity index (χ1n) is 13.0. The summed E-state index contributed by atoms with van der Waals surface area (Å²) in [6.45, 7) is 3.98. The molecule has 0 radical (unpaired) electrons. The standard InChI is InChI=1S/C31H30N4O4/c1-4-5-11-28-27(30(36)35(20(2)32-28)23-13-15-24(38-3)16-14-23)19-21-12-17-25(22-9-7-6-8-10-22)26(18-21)29-33-31(37)39-34-29/h6-10,12-18H,4-5,11,19H2,1-3H3,(H,33,34,37). The maximum atomic E-state index is 14.0. The summed E-state index contributed by atoms with van der Waals surface area (Å²) in [5.41, 5.74) is 5.59. The minimum absolute atomic E-state index is 0.0951. The summed E-state index contributed by atoms with van der Waals surface area (Å²) in [5.74, 6) is 1.07. The van der Waals surface area contributed by atoms with Gasteiger partial charge in [-0.2, -0.15) is 0 Å². The summed E-state index contributed by atoms with van der Waals surface area (Å²) in [7, 11) is 1.61. The second-order valence-electron chi connectivity index (χ2n) is 9.39. The van der Waals surface area contributed by atoms with Gasteiger partial charge in [0.1, 0.15) is 11.6 Å². The number of nitrogens with one attached hydrogen (secondary N) is 1. The van der Waals surface area contributed by atoms with Crippen LogP contribution in [0.3, 0.4) is 0 Å². The average Bonchev–Trinajstić information content (AvgIpc) is 3.40. The number of H-pyrrole nitrogens is 1. The van der Waals surface area contributed by atoms with Crippen LogP contribution in [-0.2, 0) is 12.8 Å². The second-order valence-corrected chi connectivity index (χ2v) is 9.39. The Morgan fingerprint density at radius 1 is 0.974 bits per heavy atom. The molecule has 0 bridgehead atoms. The monoisotopic (exact) mass is 522 g/mol. The SMILES string of the molecule is CCCCc1nc(C)n(-c2ccc(OC)cc2)c(=O)c1Cc1ccc(-c2ccccc2)c(-c2noc(=O)[nH]2)c1. The normalized spacial score (nSPS) is 11.1. The van der Waals surface area contributed by atoms with Crippen molar-refractivity contribution < 1.29 is 9.26 Å². The summed E-state index contributed by atoms with van der Waals surface area (Å²) >= 11 is 0. The Bertz CT molecular complexity index is 1700. The fourth-order valence-electron chi connectivity index (χ4n) is 4.80. The Hall–Kier alpha value is -4.72. The largest absolute Gasteiger partial charge is 0.497 e. The highest BCUT2D eigenvalue weighted by Crippen LogP contribution is 2.31. The third-order valence-electron chi connectivity index (χ3n) is 6.77. The summed E-state index contributed by atoms with van der Waals surface area (Å²) in [6, 6.07) is 23.2. The minimum atomic E-state index is -0.624. The van der Waals surface area contributed by atoms with Crippen molar-refractivity contribution in [2.45, 2.75) is 39.5 Å². The first kappa shape index (κ1) is 25.9. The van der Waals surface area contributed by atoms with Gasteiger partial charge in [-0.25, -0.2) is 9.78 Å². The molecule has 8 heteroatoms. The zero-order valence-electron chi connectivity index (χ0n) is 22.2. The van der Waals surface area contributed by atoms with Crippen molar-refractivity contribution in [2.24, 2.45) is 0 Å². The van der Waals surface area contributed by atoms with E-state index in [1.807, 2.05) is 79.7 Å². The van der Waals surface area contributed by atoms with Crippen molar-refractivity contribution in [3.05, 3.63) is 116 Å². The highest BCUT2D eigenvalue weighted by Gasteiger charge is 2.18. The van der Waals surface area contributed by atoms with Crippen LogP contribution < -0.4 is 16.1 Å². The second kappa shape index (κ2) is 11.3. The van der Waals surface area contributed by atoms with Crippen molar-refractivity contribution in [2.75, 3.05) is 7.11 Å². The molecule has 198 valence electrons. The maximum Gasteiger partial charge on any atom is 0.439 e. The number of aromatic amines is 1. The quantitative estimate of drug-likeness (QED) is 0.274. The van der Waals surface area contributed by atoms with E-state index in [-0.39, 0.29) is 5.56 Å². The number of aryl methyl sites for hydroxylation is 2. The Labute approximate surface area is 225 Å². The van der Waals surface area contributed by atoms with Crippen molar-refractivity contribution in [1.82, 2.24) is 19.7 Å². The third-order valence-corrected chi connectivity index (χ3v) is 6.77. The number of hydrogen-bond acceptors (Lipinski definition) is 6. The van der Waals surface area contributed by atoms with Crippen molar-refractivity contribution in [3.8, 4) is 34.0 Å². The van der Waals surface area contributed by atoms with Gasteiger partial charge in [-0.1, -0.05) is 61.0 Å². The summed E-state index contributed by atoms with van der Waals surface area (Å²) in [6.07, 6.45) is 3.03. The molecule has 0 aliphatic heterocycles. The van der Waals surface area contributed by atoms with Gasteiger partial charge in [0, 0.05) is 17.5 Å². The lowest BCUT2D eigenvalue weighted by molar-refractivity contribution is 0.388. The number of methoxy groups -OCH3 is 1. The Balaban J connectivity index is 1.63. The van der Waals surface area contributed by atoms with Crippen LogP contribution in [0.1, 0.15) is 42.4 Å². The lowest BCUT2D eigenvalue weighted by Crippen LogP contribution is -2.28. The first-order valence-corrected chi connectivity index (χ1v) is 13.0. The molecule has 0 spiro atoms. The summed E-state index contributed by atoms with van der Waals surface area (Å²) < 4.78 is 11.7. The fraction of sp³-hybridized carbons (Fsp3) is 0.226. The molecule has 5 rings (SSSR count). The van der Waals surface area contributed by atoms with E-state index in [4.69, 9.17) is 14.2 Å². The molecule has 0 fully saturated rings. The van der Waals surface area contributed by atoms with Crippen molar-refractivity contribution in [3.63, 3.8) is 0 Å². The van der Waals surface area contributed by atoms with E-state index in [0.717, 1.165) is 52.9 Å². The van der Waals surface area contributed by atoms with Gasteiger partial charge in [0.25, 0.3) is 5.56 Å². The molecule has 3 aromatic carbocycles. The molecule has 1 N–H and O–H groups in total. The number of benzene rings is 3. The Morgan fingerprint density at radius 3 is 2.41 bits per heavy atom. The van der Waals surface area contributed by atoms with E-state index in [1.54, 1.807) is 11.7 Å². The molecule has 2 aromatic heterocycles. The fourth-order valence-corrected chi connectivity index (χ4v) is 4.80. The van der Waals surface area contributed by atoms with Gasteiger partial charge in [-0.15, -0.1) is 0 Å². The third kappa shape index (κ3) is 5.45. The average molecular weight is 523 g/mol. The van der Waals surface area contributed by atoms with E-state index in [1.165, 1.54) is 0 Å². The minimum Gasteiger partial charge on any atom is -0.497 e. The van der Waals surface area contributed by atoms with Gasteiger partial charge in [-0.3, -0.25) is 18.9 Å². The molecule has 0 atom stereocenters. The lowest BCUT2D eigenvalue weighted by atomic mass is 9.94. The van der Waals surface area contributed by atoms with Gasteiger partial charge in [0.2, 0.25) is 0 Å². The van der Waals surface area contributed by atoms with Crippen LogP contribution >= 0.6 is 0 Å². The van der Waals surface area contributed by atoms with E-state index in [0.29, 0.717) is 29.4 Å². The van der Waals surface area contributed by atoms with E-state index in [9.17, 15) is 9.59 Å². The molecule has 0 unspecified atom stereocenters. The number of unbranched alkanes of at least 4 members (excludes halogenated alkanes) is 1. The van der Waals surface area contributed by atoms with Crippen LogP contribution in [0.2, 0.25) is 0 Å². The summed E-state index contributed by atoms with van der Waals surface area (Å²) in [5, 5.41) is 3.94. The molecule has 0 aliphatic carbocycles. The highest BCUT2D eigenvalue weighted by molar-refractivity contribution is 5.81. The highest BCUT2D eigenvalue weighted by atomic mass is 16.5. The number of nitrogens with zero attached hydrogens (tertiary/aromatic N) is 3. The van der Waals surface area contributed by atoms with E-state index < -0.39 is 5.76 Å². The topological polar surface area (TPSA) is 103 Å². The molecular weight excluding hydrogens is 492 g/mol. The van der Waals surface area contributed by atoms with Gasteiger partial charge < -0.3 is 4.74 Å². The van der Waals surface area contributed by atoms with Gasteiger partial charge in [0.15, 0.2) is 5.82 Å². The predicted octanol–water partition coefficient (Wildman–Crippen LogP) is 5.49. The summed E-state index contributed by atoms with van der Waals surface area (Å²) in [4.78, 5) is 33.3. The zero-order valence-corrected chi connectivity index (χ0v) is 22.2. The van der Waals surface area contributed by atoms with Gasteiger partial charge in [-0.05, 0) is 66.8 Å². The number of ether oxygens (including phenoxy) is 1.